The van der Waals surface area contributed by atoms with E-state index >= 15 is 0 Å². The molecule has 1 aromatic heterocycles. The number of carbonyl (C=O) groups excluding carboxylic acids is 1. The molecule has 8 nitrogen and oxygen atoms in total. The Morgan fingerprint density at radius 2 is 2.12 bits per heavy atom. The molecule has 1 aromatic carbocycles. The number of sulfone groups is 1. The fourth-order valence-corrected chi connectivity index (χ4v) is 4.41. The van der Waals surface area contributed by atoms with Crippen molar-refractivity contribution in [2.45, 2.75) is 12.6 Å². The van der Waals surface area contributed by atoms with Gasteiger partial charge in [0.1, 0.15) is 0 Å². The molecule has 1 unspecified atom stereocenters. The number of benzene rings is 1. The molecule has 1 fully saturated rings. The molecule has 0 aliphatic carbocycles. The number of aryl methyl sites for hydroxylation is 1. The van der Waals surface area contributed by atoms with Gasteiger partial charge in [-0.2, -0.15) is 10.4 Å². The minimum absolute atomic E-state index is 0.0476. The lowest BCUT2D eigenvalue weighted by molar-refractivity contribution is 0.180. The van der Waals surface area contributed by atoms with E-state index in [0.29, 0.717) is 17.7 Å². The van der Waals surface area contributed by atoms with Gasteiger partial charge in [-0.25, -0.2) is 13.2 Å². The van der Waals surface area contributed by atoms with E-state index in [1.807, 2.05) is 6.07 Å². The zero-order chi connectivity index (χ0) is 18.7. The lowest BCUT2D eigenvalue weighted by Gasteiger charge is -2.35. The van der Waals surface area contributed by atoms with Crippen LogP contribution < -0.4 is 5.32 Å². The van der Waals surface area contributed by atoms with Crippen molar-refractivity contribution in [2.75, 3.05) is 18.1 Å². The van der Waals surface area contributed by atoms with Gasteiger partial charge >= 0.3 is 6.03 Å². The highest BCUT2D eigenvalue weighted by molar-refractivity contribution is 7.91. The third-order valence-electron chi connectivity index (χ3n) is 4.33. The van der Waals surface area contributed by atoms with Crippen molar-refractivity contribution in [1.29, 1.82) is 5.26 Å². The molecule has 26 heavy (non-hydrogen) atoms. The van der Waals surface area contributed by atoms with Gasteiger partial charge in [0.25, 0.3) is 0 Å². The van der Waals surface area contributed by atoms with Gasteiger partial charge in [-0.3, -0.25) is 4.68 Å². The van der Waals surface area contributed by atoms with Crippen LogP contribution in [0.1, 0.15) is 22.7 Å². The van der Waals surface area contributed by atoms with Crippen LogP contribution in [0, 0.1) is 11.3 Å². The van der Waals surface area contributed by atoms with Gasteiger partial charge in [-0.1, -0.05) is 12.1 Å². The Morgan fingerprint density at radius 3 is 2.73 bits per heavy atom. The second-order valence-electron chi connectivity index (χ2n) is 6.24. The average molecular weight is 373 g/mol. The number of urea groups is 1. The number of rotatable bonds is 3. The summed E-state index contributed by atoms with van der Waals surface area (Å²) in [7, 11) is -1.46. The predicted molar refractivity (Wildman–Crippen MR) is 94.7 cm³/mol. The van der Waals surface area contributed by atoms with E-state index in [2.05, 4.69) is 10.4 Å². The summed E-state index contributed by atoms with van der Waals surface area (Å²) in [5.74, 6) is -0.156. The van der Waals surface area contributed by atoms with Crippen LogP contribution in [-0.4, -0.2) is 47.2 Å². The molecule has 1 atom stereocenters. The van der Waals surface area contributed by atoms with E-state index in [4.69, 9.17) is 5.26 Å². The van der Waals surface area contributed by atoms with Crippen molar-refractivity contribution in [3.63, 3.8) is 0 Å². The number of carbonyl (C=O) groups is 1. The van der Waals surface area contributed by atoms with Crippen LogP contribution in [0.5, 0.6) is 0 Å². The lowest BCUT2D eigenvalue weighted by Crippen LogP contribution is -2.49. The van der Waals surface area contributed by atoms with Crippen LogP contribution >= 0.6 is 0 Å². The first-order valence-corrected chi connectivity index (χ1v) is 9.92. The molecule has 0 spiro atoms. The summed E-state index contributed by atoms with van der Waals surface area (Å²) in [4.78, 5) is 14.2. The molecule has 2 amide bonds. The van der Waals surface area contributed by atoms with Crippen LogP contribution in [0.25, 0.3) is 0 Å². The monoisotopic (exact) mass is 373 g/mol. The Bertz CT molecular complexity index is 944. The number of nitrogens with one attached hydrogen (secondary N) is 1. The standard InChI is InChI=1S/C17H19N5O3S/c1-21-11-15(10-20-21)16-12-26(24,25)7-6-22(16)17(23)19-9-14-4-2-13(8-18)3-5-14/h2-5,10-11,16H,6-7,9,12H2,1H3,(H,19,23). The predicted octanol–water partition coefficient (Wildman–Crippen LogP) is 0.973. The Hall–Kier alpha value is -2.86. The van der Waals surface area contributed by atoms with E-state index in [-0.39, 0.29) is 24.1 Å². The number of amides is 2. The maximum absolute atomic E-state index is 12.6. The maximum Gasteiger partial charge on any atom is 0.318 e. The normalized spacial score (nSPS) is 18.9. The smallest absolute Gasteiger partial charge is 0.318 e. The number of nitrogens with zero attached hydrogens (tertiary/aromatic N) is 4. The zero-order valence-electron chi connectivity index (χ0n) is 14.3. The zero-order valence-corrected chi connectivity index (χ0v) is 15.1. The summed E-state index contributed by atoms with van der Waals surface area (Å²) >= 11 is 0. The molecule has 1 saturated heterocycles. The van der Waals surface area contributed by atoms with Gasteiger partial charge in [0.05, 0.1) is 35.4 Å². The highest BCUT2D eigenvalue weighted by Crippen LogP contribution is 2.26. The Kier molecular flexibility index (Phi) is 4.95. The van der Waals surface area contributed by atoms with Crippen molar-refractivity contribution >= 4 is 15.9 Å². The van der Waals surface area contributed by atoms with Gasteiger partial charge in [0, 0.05) is 31.9 Å². The molecule has 0 saturated carbocycles. The molecule has 2 aromatic rings. The van der Waals surface area contributed by atoms with Crippen molar-refractivity contribution in [3.05, 3.63) is 53.3 Å². The number of aromatic nitrogens is 2. The van der Waals surface area contributed by atoms with E-state index < -0.39 is 15.9 Å². The summed E-state index contributed by atoms with van der Waals surface area (Å²) in [5, 5.41) is 15.7. The van der Waals surface area contributed by atoms with Crippen LogP contribution in [0.3, 0.4) is 0 Å². The first-order valence-electron chi connectivity index (χ1n) is 8.10. The second-order valence-corrected chi connectivity index (χ2v) is 8.47. The van der Waals surface area contributed by atoms with Crippen LogP contribution in [0.15, 0.2) is 36.7 Å². The maximum atomic E-state index is 12.6. The Morgan fingerprint density at radius 1 is 1.38 bits per heavy atom. The van der Waals surface area contributed by atoms with E-state index in [1.54, 1.807) is 53.3 Å². The molecule has 0 bridgehead atoms. The SMILES string of the molecule is Cn1cc(C2CS(=O)(=O)CCN2C(=O)NCc2ccc(C#N)cc2)cn1. The fourth-order valence-electron chi connectivity index (χ4n) is 2.91. The fraction of sp³-hybridized carbons (Fsp3) is 0.353. The Balaban J connectivity index is 1.72. The molecule has 9 heteroatoms. The molecule has 1 aliphatic rings. The molecular weight excluding hydrogens is 354 g/mol. The average Bonchev–Trinajstić information content (AvgIpc) is 3.05. The largest absolute Gasteiger partial charge is 0.334 e. The molecule has 1 aliphatic heterocycles. The van der Waals surface area contributed by atoms with Crippen LogP contribution in [0.4, 0.5) is 4.79 Å². The molecule has 3 rings (SSSR count). The molecule has 2 heterocycles. The first kappa shape index (κ1) is 17.9. The molecule has 136 valence electrons. The highest BCUT2D eigenvalue weighted by Gasteiger charge is 2.35. The topological polar surface area (TPSA) is 108 Å². The summed E-state index contributed by atoms with van der Waals surface area (Å²) in [5.41, 5.74) is 2.11. The molecule has 0 radical (unpaired) electrons. The van der Waals surface area contributed by atoms with Crippen molar-refractivity contribution in [2.24, 2.45) is 7.05 Å². The molecule has 1 N–H and O–H groups in total. The van der Waals surface area contributed by atoms with E-state index in [0.717, 1.165) is 5.56 Å². The van der Waals surface area contributed by atoms with Gasteiger partial charge in [-0.05, 0) is 17.7 Å². The minimum Gasteiger partial charge on any atom is -0.334 e. The molecular formula is C17H19N5O3S. The third kappa shape index (κ3) is 4.03. The van der Waals surface area contributed by atoms with Gasteiger partial charge < -0.3 is 10.2 Å². The van der Waals surface area contributed by atoms with Crippen molar-refractivity contribution in [1.82, 2.24) is 20.0 Å². The van der Waals surface area contributed by atoms with Gasteiger partial charge in [-0.15, -0.1) is 0 Å². The van der Waals surface area contributed by atoms with Gasteiger partial charge in [0.2, 0.25) is 0 Å². The highest BCUT2D eigenvalue weighted by atomic mass is 32.2. The second kappa shape index (κ2) is 7.17. The van der Waals surface area contributed by atoms with Crippen LogP contribution in [-0.2, 0) is 23.4 Å². The van der Waals surface area contributed by atoms with Crippen molar-refractivity contribution in [3.8, 4) is 6.07 Å². The van der Waals surface area contributed by atoms with E-state index in [1.165, 1.54) is 0 Å². The van der Waals surface area contributed by atoms with Gasteiger partial charge in [0.15, 0.2) is 9.84 Å². The number of nitriles is 1. The summed E-state index contributed by atoms with van der Waals surface area (Å²) in [6.07, 6.45) is 3.32. The van der Waals surface area contributed by atoms with Crippen LogP contribution in [0.2, 0.25) is 0 Å². The Labute approximate surface area is 151 Å². The number of hydrogen-bond donors (Lipinski definition) is 1. The summed E-state index contributed by atoms with van der Waals surface area (Å²) < 4.78 is 25.7. The van der Waals surface area contributed by atoms with E-state index in [9.17, 15) is 13.2 Å². The third-order valence-corrected chi connectivity index (χ3v) is 5.96. The number of hydrogen-bond acceptors (Lipinski definition) is 5. The lowest BCUT2D eigenvalue weighted by atomic mass is 10.1. The summed E-state index contributed by atoms with van der Waals surface area (Å²) in [6.45, 7) is 0.439. The minimum atomic E-state index is -3.20. The quantitative estimate of drug-likeness (QED) is 0.862. The first-order chi connectivity index (χ1) is 12.4. The summed E-state index contributed by atoms with van der Waals surface area (Å²) in [6, 6.07) is 8.10. The van der Waals surface area contributed by atoms with Crippen molar-refractivity contribution < 1.29 is 13.2 Å².